The molecular weight excluding hydrogens is 411 g/mol. The van der Waals surface area contributed by atoms with Gasteiger partial charge in [0, 0.05) is 12.6 Å². The summed E-state index contributed by atoms with van der Waals surface area (Å²) in [5.74, 6) is -0.956. The fourth-order valence-corrected chi connectivity index (χ4v) is 3.36. The van der Waals surface area contributed by atoms with Gasteiger partial charge >= 0.3 is 0 Å². The number of aliphatic hydroxyl groups excluding tert-OH is 1. The van der Waals surface area contributed by atoms with Crippen LogP contribution >= 0.6 is 0 Å². The zero-order chi connectivity index (χ0) is 23.1. The SMILES string of the molecule is Cc1ccc(C)c(-c2ccc(CCNCC(O)COc3ccc([N+](=O)[O-])cc3F)cc2)c1. The molecule has 0 heterocycles. The first-order valence-electron chi connectivity index (χ1n) is 10.5. The minimum Gasteiger partial charge on any atom is -0.488 e. The molecule has 0 radical (unpaired) electrons. The van der Waals surface area contributed by atoms with Crippen LogP contribution in [0.2, 0.25) is 0 Å². The van der Waals surface area contributed by atoms with Gasteiger partial charge in [-0.15, -0.1) is 0 Å². The van der Waals surface area contributed by atoms with E-state index in [-0.39, 0.29) is 24.6 Å². The van der Waals surface area contributed by atoms with E-state index in [4.69, 9.17) is 4.74 Å². The smallest absolute Gasteiger partial charge is 0.272 e. The molecule has 1 atom stereocenters. The second kappa shape index (κ2) is 10.8. The van der Waals surface area contributed by atoms with Crippen molar-refractivity contribution in [1.82, 2.24) is 5.32 Å². The Kier molecular flexibility index (Phi) is 7.92. The van der Waals surface area contributed by atoms with Crippen LogP contribution in [0, 0.1) is 29.8 Å². The summed E-state index contributed by atoms with van der Waals surface area (Å²) in [6.45, 7) is 5.04. The molecule has 0 fully saturated rings. The van der Waals surface area contributed by atoms with Crippen molar-refractivity contribution in [3.8, 4) is 16.9 Å². The molecule has 0 spiro atoms. The number of benzene rings is 3. The molecule has 0 amide bonds. The number of hydrogen-bond acceptors (Lipinski definition) is 5. The Balaban J connectivity index is 1.41. The topological polar surface area (TPSA) is 84.6 Å². The van der Waals surface area contributed by atoms with E-state index in [0.29, 0.717) is 6.54 Å². The van der Waals surface area contributed by atoms with Crippen molar-refractivity contribution in [1.29, 1.82) is 0 Å². The maximum Gasteiger partial charge on any atom is 0.272 e. The highest BCUT2D eigenvalue weighted by molar-refractivity contribution is 5.68. The molecule has 0 aliphatic heterocycles. The van der Waals surface area contributed by atoms with Crippen molar-refractivity contribution in [2.75, 3.05) is 19.7 Å². The summed E-state index contributed by atoms with van der Waals surface area (Å²) in [4.78, 5) is 9.96. The van der Waals surface area contributed by atoms with Crippen molar-refractivity contribution in [2.45, 2.75) is 26.4 Å². The van der Waals surface area contributed by atoms with E-state index in [1.165, 1.54) is 33.9 Å². The summed E-state index contributed by atoms with van der Waals surface area (Å²) in [5.41, 5.74) is 5.74. The number of aliphatic hydroxyl groups is 1. The zero-order valence-electron chi connectivity index (χ0n) is 18.2. The number of non-ortho nitro benzene ring substituents is 1. The molecule has 0 aliphatic rings. The third-order valence-corrected chi connectivity index (χ3v) is 5.19. The molecule has 7 heteroatoms. The van der Waals surface area contributed by atoms with Crippen molar-refractivity contribution in [3.05, 3.63) is 93.3 Å². The van der Waals surface area contributed by atoms with Crippen LogP contribution in [-0.2, 0) is 6.42 Å². The molecule has 3 aromatic rings. The summed E-state index contributed by atoms with van der Waals surface area (Å²) in [6.07, 6.45) is -0.0336. The number of hydrogen-bond donors (Lipinski definition) is 2. The zero-order valence-corrected chi connectivity index (χ0v) is 18.2. The van der Waals surface area contributed by atoms with Crippen molar-refractivity contribution in [2.24, 2.45) is 0 Å². The largest absolute Gasteiger partial charge is 0.488 e. The molecule has 0 aliphatic carbocycles. The first-order chi connectivity index (χ1) is 15.3. The Morgan fingerprint density at radius 2 is 1.84 bits per heavy atom. The lowest BCUT2D eigenvalue weighted by molar-refractivity contribution is -0.385. The Morgan fingerprint density at radius 3 is 2.53 bits per heavy atom. The molecule has 0 bridgehead atoms. The Labute approximate surface area is 186 Å². The van der Waals surface area contributed by atoms with Crippen LogP contribution in [0.25, 0.3) is 11.1 Å². The van der Waals surface area contributed by atoms with Gasteiger partial charge in [0.25, 0.3) is 5.69 Å². The van der Waals surface area contributed by atoms with E-state index in [1.54, 1.807) is 0 Å². The number of halogens is 1. The number of nitrogens with zero attached hydrogens (tertiary/aromatic N) is 1. The maximum atomic E-state index is 13.8. The normalized spacial score (nSPS) is 11.9. The van der Waals surface area contributed by atoms with Crippen LogP contribution in [0.1, 0.15) is 16.7 Å². The van der Waals surface area contributed by atoms with Crippen molar-refractivity contribution in [3.63, 3.8) is 0 Å². The Morgan fingerprint density at radius 1 is 1.09 bits per heavy atom. The van der Waals surface area contributed by atoms with Crippen LogP contribution < -0.4 is 10.1 Å². The quantitative estimate of drug-likeness (QED) is 0.275. The van der Waals surface area contributed by atoms with Gasteiger partial charge in [-0.25, -0.2) is 4.39 Å². The average molecular weight is 438 g/mol. The molecule has 3 aromatic carbocycles. The van der Waals surface area contributed by atoms with Gasteiger partial charge in [-0.05, 0) is 55.1 Å². The van der Waals surface area contributed by atoms with Crippen molar-refractivity contribution < 1.29 is 19.2 Å². The molecule has 0 saturated carbocycles. The summed E-state index contributed by atoms with van der Waals surface area (Å²) < 4.78 is 19.0. The minimum atomic E-state index is -0.837. The fraction of sp³-hybridized carbons (Fsp3) is 0.280. The molecule has 168 valence electrons. The fourth-order valence-electron chi connectivity index (χ4n) is 3.36. The van der Waals surface area contributed by atoms with Gasteiger partial charge in [0.05, 0.1) is 11.0 Å². The van der Waals surface area contributed by atoms with E-state index in [1.807, 2.05) is 0 Å². The summed E-state index contributed by atoms with van der Waals surface area (Å²) in [6, 6.07) is 18.0. The predicted octanol–water partition coefficient (Wildman–Crippen LogP) is 4.59. The van der Waals surface area contributed by atoms with E-state index in [0.717, 1.165) is 18.6 Å². The number of rotatable bonds is 10. The van der Waals surface area contributed by atoms with Gasteiger partial charge in [0.15, 0.2) is 11.6 Å². The van der Waals surface area contributed by atoms with Gasteiger partial charge in [-0.1, -0.05) is 48.0 Å². The first-order valence-corrected chi connectivity index (χ1v) is 10.5. The summed E-state index contributed by atoms with van der Waals surface area (Å²) in [7, 11) is 0. The summed E-state index contributed by atoms with van der Waals surface area (Å²) in [5, 5.41) is 23.8. The number of aryl methyl sites for hydroxylation is 2. The molecule has 2 N–H and O–H groups in total. The van der Waals surface area contributed by atoms with Gasteiger partial charge < -0.3 is 15.2 Å². The molecule has 0 saturated heterocycles. The van der Waals surface area contributed by atoms with Crippen LogP contribution in [0.3, 0.4) is 0 Å². The number of ether oxygens (including phenoxy) is 1. The average Bonchev–Trinajstić information content (AvgIpc) is 2.78. The number of nitro benzene ring substituents is 1. The van der Waals surface area contributed by atoms with E-state index < -0.39 is 16.8 Å². The second-order valence-electron chi connectivity index (χ2n) is 7.81. The van der Waals surface area contributed by atoms with Crippen LogP contribution in [0.5, 0.6) is 5.75 Å². The van der Waals surface area contributed by atoms with Crippen LogP contribution in [0.4, 0.5) is 10.1 Å². The highest BCUT2D eigenvalue weighted by Crippen LogP contribution is 2.25. The lowest BCUT2D eigenvalue weighted by Gasteiger charge is -2.14. The number of nitro groups is 1. The van der Waals surface area contributed by atoms with Gasteiger partial charge in [0.2, 0.25) is 0 Å². The third kappa shape index (κ3) is 6.35. The molecule has 32 heavy (non-hydrogen) atoms. The Hall–Kier alpha value is -3.29. The third-order valence-electron chi connectivity index (χ3n) is 5.19. The monoisotopic (exact) mass is 438 g/mol. The lowest BCUT2D eigenvalue weighted by atomic mass is 9.97. The van der Waals surface area contributed by atoms with Gasteiger partial charge in [-0.3, -0.25) is 10.1 Å². The molecule has 1 unspecified atom stereocenters. The summed E-state index contributed by atoms with van der Waals surface area (Å²) >= 11 is 0. The molecule has 0 aromatic heterocycles. The lowest BCUT2D eigenvalue weighted by Crippen LogP contribution is -2.32. The van der Waals surface area contributed by atoms with E-state index in [2.05, 4.69) is 61.6 Å². The van der Waals surface area contributed by atoms with Gasteiger partial charge in [-0.2, -0.15) is 0 Å². The van der Waals surface area contributed by atoms with E-state index in [9.17, 15) is 19.6 Å². The molecule has 3 rings (SSSR count). The predicted molar refractivity (Wildman–Crippen MR) is 122 cm³/mol. The van der Waals surface area contributed by atoms with Gasteiger partial charge in [0.1, 0.15) is 12.7 Å². The highest BCUT2D eigenvalue weighted by Gasteiger charge is 2.13. The maximum absolute atomic E-state index is 13.8. The van der Waals surface area contributed by atoms with Crippen LogP contribution in [0.15, 0.2) is 60.7 Å². The molecular formula is C25H27FN2O4. The highest BCUT2D eigenvalue weighted by atomic mass is 19.1. The molecule has 6 nitrogen and oxygen atoms in total. The standard InChI is InChI=1S/C25H27FN2O4/c1-17-3-4-18(2)23(13-17)20-7-5-19(6-8-20)11-12-27-15-22(29)16-32-25-10-9-21(28(30)31)14-24(25)26/h3-10,13-14,22,27,29H,11-12,15-16H2,1-2H3. The van der Waals surface area contributed by atoms with E-state index >= 15 is 0 Å². The number of nitrogens with one attached hydrogen (secondary N) is 1. The van der Waals surface area contributed by atoms with Crippen molar-refractivity contribution >= 4 is 5.69 Å². The minimum absolute atomic E-state index is 0.119. The van der Waals surface area contributed by atoms with Crippen LogP contribution in [-0.4, -0.2) is 35.8 Å². The Bertz CT molecular complexity index is 1070. The first kappa shape index (κ1) is 23.4. The second-order valence-corrected chi connectivity index (χ2v) is 7.81.